The normalized spacial score (nSPS) is 28.8. The summed E-state index contributed by atoms with van der Waals surface area (Å²) in [5.74, 6) is -0.295. The molecule has 0 saturated carbocycles. The number of ether oxygens (including phenoxy) is 2. The Hall–Kier alpha value is -0.320. The Bertz CT molecular complexity index is 154. The molecule has 12 heavy (non-hydrogen) atoms. The molecule has 1 aliphatic rings. The van der Waals surface area contributed by atoms with Gasteiger partial charge in [0.2, 0.25) is 0 Å². The lowest BCUT2D eigenvalue weighted by atomic mass is 10.1. The zero-order chi connectivity index (χ0) is 8.27. The van der Waals surface area contributed by atoms with Crippen molar-refractivity contribution in [3.63, 3.8) is 0 Å². The largest absolute Gasteiger partial charge is 0.458 e. The molecule has 1 heterocycles. The van der Waals surface area contributed by atoms with Gasteiger partial charge in [-0.2, -0.15) is 0 Å². The average molecular weight is 196 g/mol. The van der Waals surface area contributed by atoms with E-state index in [4.69, 9.17) is 15.2 Å². The molecule has 4 nitrogen and oxygen atoms in total. The van der Waals surface area contributed by atoms with Gasteiger partial charge in [0.1, 0.15) is 6.10 Å². The van der Waals surface area contributed by atoms with Gasteiger partial charge in [0, 0.05) is 19.6 Å². The summed E-state index contributed by atoms with van der Waals surface area (Å²) in [4.78, 5) is 10.5. The van der Waals surface area contributed by atoms with E-state index in [9.17, 15) is 4.79 Å². The lowest BCUT2D eigenvalue weighted by molar-refractivity contribution is -0.154. The third-order valence-corrected chi connectivity index (χ3v) is 1.67. The zero-order valence-corrected chi connectivity index (χ0v) is 7.80. The molecule has 2 N–H and O–H groups in total. The third kappa shape index (κ3) is 3.38. The highest BCUT2D eigenvalue weighted by atomic mass is 35.5. The number of hydrogen-bond donors (Lipinski definition) is 1. The van der Waals surface area contributed by atoms with Crippen LogP contribution in [-0.4, -0.2) is 31.3 Å². The summed E-state index contributed by atoms with van der Waals surface area (Å²) in [6.45, 7) is 2.47. The van der Waals surface area contributed by atoms with Gasteiger partial charge in [0.15, 0.2) is 0 Å². The van der Waals surface area contributed by atoms with Crippen LogP contribution in [-0.2, 0) is 14.3 Å². The van der Waals surface area contributed by atoms with E-state index in [0.717, 1.165) is 6.42 Å². The molecule has 0 aromatic carbocycles. The SMILES string of the molecule is CC(=O)O[C@H]1COCC[C@@H]1N.Cl. The fraction of sp³-hybridized carbons (Fsp3) is 0.857. The number of nitrogens with two attached hydrogens (primary N) is 1. The molecule has 5 heteroatoms. The van der Waals surface area contributed by atoms with Gasteiger partial charge < -0.3 is 15.2 Å². The predicted molar refractivity (Wildman–Crippen MR) is 46.2 cm³/mol. The quantitative estimate of drug-likeness (QED) is 0.603. The molecule has 1 aliphatic heterocycles. The lowest BCUT2D eigenvalue weighted by Crippen LogP contribution is -2.45. The van der Waals surface area contributed by atoms with Gasteiger partial charge in [0.05, 0.1) is 6.61 Å². The van der Waals surface area contributed by atoms with Crippen molar-refractivity contribution in [2.24, 2.45) is 5.73 Å². The second-order valence-corrected chi connectivity index (χ2v) is 2.68. The molecule has 0 radical (unpaired) electrons. The first kappa shape index (κ1) is 11.7. The first-order chi connectivity index (χ1) is 5.20. The standard InChI is InChI=1S/C7H13NO3.ClH/c1-5(9)11-7-4-10-3-2-6(7)8;/h6-7H,2-4,8H2,1H3;1H/t6-,7-;/m0./s1. The molecule has 2 atom stereocenters. The highest BCUT2D eigenvalue weighted by Crippen LogP contribution is 2.08. The lowest BCUT2D eigenvalue weighted by Gasteiger charge is -2.27. The minimum absolute atomic E-state index is 0. The average Bonchev–Trinajstić information content (AvgIpc) is 1.93. The summed E-state index contributed by atoms with van der Waals surface area (Å²) in [6, 6.07) is -0.0624. The van der Waals surface area contributed by atoms with Crippen molar-refractivity contribution in [1.82, 2.24) is 0 Å². The van der Waals surface area contributed by atoms with E-state index < -0.39 is 0 Å². The highest BCUT2D eigenvalue weighted by Gasteiger charge is 2.24. The van der Waals surface area contributed by atoms with E-state index in [1.54, 1.807) is 0 Å². The maximum absolute atomic E-state index is 10.5. The molecule has 0 spiro atoms. The topological polar surface area (TPSA) is 61.5 Å². The van der Waals surface area contributed by atoms with Crippen molar-refractivity contribution in [3.8, 4) is 0 Å². The van der Waals surface area contributed by atoms with Crippen molar-refractivity contribution in [2.45, 2.75) is 25.5 Å². The molecule has 0 amide bonds. The van der Waals surface area contributed by atoms with Crippen LogP contribution in [0.15, 0.2) is 0 Å². The van der Waals surface area contributed by atoms with Crippen molar-refractivity contribution in [2.75, 3.05) is 13.2 Å². The van der Waals surface area contributed by atoms with Crippen LogP contribution in [0.25, 0.3) is 0 Å². The Morgan fingerprint density at radius 2 is 2.33 bits per heavy atom. The maximum atomic E-state index is 10.5. The van der Waals surface area contributed by atoms with Gasteiger partial charge in [-0.15, -0.1) is 12.4 Å². The van der Waals surface area contributed by atoms with Crippen LogP contribution >= 0.6 is 12.4 Å². The monoisotopic (exact) mass is 195 g/mol. The summed E-state index contributed by atoms with van der Waals surface area (Å²) in [5, 5.41) is 0. The second-order valence-electron chi connectivity index (χ2n) is 2.68. The van der Waals surface area contributed by atoms with E-state index in [1.807, 2.05) is 0 Å². The number of hydrogen-bond acceptors (Lipinski definition) is 4. The molecular formula is C7H14ClNO3. The molecule has 72 valence electrons. The van der Waals surface area contributed by atoms with Crippen molar-refractivity contribution >= 4 is 18.4 Å². The molecule has 1 saturated heterocycles. The summed E-state index contributed by atoms with van der Waals surface area (Å²) in [5.41, 5.74) is 5.67. The number of carbonyl (C=O) groups is 1. The third-order valence-electron chi connectivity index (χ3n) is 1.67. The number of carbonyl (C=O) groups excluding carboxylic acids is 1. The van der Waals surface area contributed by atoms with Crippen LogP contribution in [0.4, 0.5) is 0 Å². The Morgan fingerprint density at radius 1 is 1.67 bits per heavy atom. The predicted octanol–water partition coefficient (Wildman–Crippen LogP) is 0.0875. The Morgan fingerprint density at radius 3 is 2.83 bits per heavy atom. The van der Waals surface area contributed by atoms with Crippen LogP contribution < -0.4 is 5.73 Å². The number of rotatable bonds is 1. The van der Waals surface area contributed by atoms with E-state index in [2.05, 4.69) is 0 Å². The minimum atomic E-state index is -0.295. The fourth-order valence-electron chi connectivity index (χ4n) is 1.06. The van der Waals surface area contributed by atoms with Crippen LogP contribution in [0.1, 0.15) is 13.3 Å². The van der Waals surface area contributed by atoms with Gasteiger partial charge in [-0.3, -0.25) is 4.79 Å². The highest BCUT2D eigenvalue weighted by molar-refractivity contribution is 5.85. The van der Waals surface area contributed by atoms with Crippen molar-refractivity contribution in [1.29, 1.82) is 0 Å². The summed E-state index contributed by atoms with van der Waals surface area (Å²) in [6.07, 6.45) is 0.513. The van der Waals surface area contributed by atoms with E-state index in [-0.39, 0.29) is 30.5 Å². The molecule has 0 aliphatic carbocycles. The first-order valence-corrected chi connectivity index (χ1v) is 3.70. The Balaban J connectivity index is 0.00000121. The number of esters is 1. The van der Waals surface area contributed by atoms with Crippen molar-refractivity contribution < 1.29 is 14.3 Å². The number of halogens is 1. The summed E-state index contributed by atoms with van der Waals surface area (Å²) < 4.78 is 10.0. The fourth-order valence-corrected chi connectivity index (χ4v) is 1.06. The van der Waals surface area contributed by atoms with Gasteiger partial charge in [0.25, 0.3) is 0 Å². The van der Waals surface area contributed by atoms with Gasteiger partial charge in [-0.05, 0) is 6.42 Å². The molecular weight excluding hydrogens is 182 g/mol. The Kier molecular flexibility index (Phi) is 5.20. The first-order valence-electron chi connectivity index (χ1n) is 3.70. The van der Waals surface area contributed by atoms with Gasteiger partial charge in [-0.1, -0.05) is 0 Å². The van der Waals surface area contributed by atoms with E-state index >= 15 is 0 Å². The Labute approximate surface area is 77.8 Å². The van der Waals surface area contributed by atoms with Crippen LogP contribution in [0.5, 0.6) is 0 Å². The molecule has 0 aromatic rings. The van der Waals surface area contributed by atoms with Crippen LogP contribution in [0.2, 0.25) is 0 Å². The maximum Gasteiger partial charge on any atom is 0.303 e. The van der Waals surface area contributed by atoms with Gasteiger partial charge in [-0.25, -0.2) is 0 Å². The van der Waals surface area contributed by atoms with E-state index in [1.165, 1.54) is 6.92 Å². The van der Waals surface area contributed by atoms with Crippen LogP contribution in [0, 0.1) is 0 Å². The van der Waals surface area contributed by atoms with Crippen molar-refractivity contribution in [3.05, 3.63) is 0 Å². The second kappa shape index (κ2) is 5.35. The zero-order valence-electron chi connectivity index (χ0n) is 6.99. The van der Waals surface area contributed by atoms with Crippen LogP contribution in [0.3, 0.4) is 0 Å². The van der Waals surface area contributed by atoms with E-state index in [0.29, 0.717) is 13.2 Å². The summed E-state index contributed by atoms with van der Waals surface area (Å²) in [7, 11) is 0. The smallest absolute Gasteiger partial charge is 0.303 e. The van der Waals surface area contributed by atoms with Gasteiger partial charge >= 0.3 is 5.97 Å². The molecule has 0 aromatic heterocycles. The molecule has 0 unspecified atom stereocenters. The minimum Gasteiger partial charge on any atom is -0.458 e. The molecule has 0 bridgehead atoms. The summed E-state index contributed by atoms with van der Waals surface area (Å²) >= 11 is 0. The molecule has 1 fully saturated rings. The molecule has 1 rings (SSSR count).